The van der Waals surface area contributed by atoms with Gasteiger partial charge in [-0.2, -0.15) is 11.8 Å². The standard InChI is InChI=1S/C15H21NO3S/c1-4-16(11(2)8-14(17)18)15(19)13-7-5-6-12(9-13)10-20-3/h5-7,9,11H,4,8,10H2,1-3H3,(H,17,18). The summed E-state index contributed by atoms with van der Waals surface area (Å²) in [5.41, 5.74) is 1.72. The molecule has 1 N–H and O–H groups in total. The molecule has 110 valence electrons. The molecule has 1 amide bonds. The van der Waals surface area contributed by atoms with Crippen molar-refractivity contribution < 1.29 is 14.7 Å². The Morgan fingerprint density at radius 1 is 1.40 bits per heavy atom. The van der Waals surface area contributed by atoms with E-state index in [0.717, 1.165) is 11.3 Å². The number of carbonyl (C=O) groups is 2. The van der Waals surface area contributed by atoms with E-state index in [4.69, 9.17) is 5.11 Å². The van der Waals surface area contributed by atoms with Crippen molar-refractivity contribution in [3.63, 3.8) is 0 Å². The fourth-order valence-electron chi connectivity index (χ4n) is 2.14. The second kappa shape index (κ2) is 7.94. The summed E-state index contributed by atoms with van der Waals surface area (Å²) in [5, 5.41) is 8.85. The van der Waals surface area contributed by atoms with Crippen molar-refractivity contribution in [2.24, 2.45) is 0 Å². The molecule has 1 aromatic rings. The van der Waals surface area contributed by atoms with Gasteiger partial charge in [0.2, 0.25) is 0 Å². The average molecular weight is 295 g/mol. The third-order valence-corrected chi connectivity index (χ3v) is 3.71. The molecule has 0 aliphatic carbocycles. The van der Waals surface area contributed by atoms with Gasteiger partial charge in [-0.3, -0.25) is 9.59 Å². The van der Waals surface area contributed by atoms with Crippen LogP contribution in [0, 0.1) is 0 Å². The topological polar surface area (TPSA) is 57.6 Å². The van der Waals surface area contributed by atoms with Crippen LogP contribution in [-0.2, 0) is 10.5 Å². The summed E-state index contributed by atoms with van der Waals surface area (Å²) in [4.78, 5) is 24.9. The van der Waals surface area contributed by atoms with Gasteiger partial charge in [0, 0.05) is 23.9 Å². The van der Waals surface area contributed by atoms with Crippen molar-refractivity contribution in [3.8, 4) is 0 Å². The normalized spacial score (nSPS) is 11.9. The first kappa shape index (κ1) is 16.6. The van der Waals surface area contributed by atoms with Crippen LogP contribution in [0.15, 0.2) is 24.3 Å². The number of amides is 1. The predicted octanol–water partition coefficient (Wildman–Crippen LogP) is 2.87. The number of carboxylic acid groups (broad SMARTS) is 1. The number of nitrogens with zero attached hydrogens (tertiary/aromatic N) is 1. The monoisotopic (exact) mass is 295 g/mol. The highest BCUT2D eigenvalue weighted by molar-refractivity contribution is 7.97. The van der Waals surface area contributed by atoms with E-state index >= 15 is 0 Å². The molecular weight excluding hydrogens is 274 g/mol. The Balaban J connectivity index is 2.90. The van der Waals surface area contributed by atoms with Crippen molar-refractivity contribution in [2.45, 2.75) is 32.1 Å². The Bertz CT molecular complexity index is 476. The van der Waals surface area contributed by atoms with Crippen molar-refractivity contribution in [2.75, 3.05) is 12.8 Å². The van der Waals surface area contributed by atoms with Crippen LogP contribution >= 0.6 is 11.8 Å². The van der Waals surface area contributed by atoms with Gasteiger partial charge in [0.25, 0.3) is 5.91 Å². The number of aliphatic carboxylic acids is 1. The first-order valence-corrected chi connectivity index (χ1v) is 7.99. The van der Waals surface area contributed by atoms with Crippen LogP contribution in [0.2, 0.25) is 0 Å². The third-order valence-electron chi connectivity index (χ3n) is 3.09. The minimum Gasteiger partial charge on any atom is -0.481 e. The zero-order chi connectivity index (χ0) is 15.1. The quantitative estimate of drug-likeness (QED) is 0.840. The maximum absolute atomic E-state index is 12.5. The maximum Gasteiger partial charge on any atom is 0.305 e. The molecule has 0 bridgehead atoms. The van der Waals surface area contributed by atoms with E-state index in [1.807, 2.05) is 31.4 Å². The molecule has 0 radical (unpaired) electrons. The summed E-state index contributed by atoms with van der Waals surface area (Å²) in [6.45, 7) is 4.13. The molecule has 0 saturated heterocycles. The molecular formula is C15H21NO3S. The average Bonchev–Trinajstić information content (AvgIpc) is 2.39. The van der Waals surface area contributed by atoms with Crippen LogP contribution in [-0.4, -0.2) is 40.7 Å². The van der Waals surface area contributed by atoms with E-state index < -0.39 is 5.97 Å². The van der Waals surface area contributed by atoms with Crippen molar-refractivity contribution in [1.29, 1.82) is 0 Å². The number of hydrogen-bond donors (Lipinski definition) is 1. The number of thioether (sulfide) groups is 1. The molecule has 0 aromatic heterocycles. The second-order valence-corrected chi connectivity index (χ2v) is 5.54. The van der Waals surface area contributed by atoms with Crippen LogP contribution in [0.3, 0.4) is 0 Å². The minimum atomic E-state index is -0.889. The number of carbonyl (C=O) groups excluding carboxylic acids is 1. The molecule has 1 aromatic carbocycles. The number of carboxylic acids is 1. The van der Waals surface area contributed by atoms with Crippen molar-refractivity contribution in [3.05, 3.63) is 35.4 Å². The Kier molecular flexibility index (Phi) is 6.58. The molecule has 1 atom stereocenters. The maximum atomic E-state index is 12.5. The summed E-state index contributed by atoms with van der Waals surface area (Å²) >= 11 is 1.70. The van der Waals surface area contributed by atoms with Gasteiger partial charge < -0.3 is 10.0 Å². The SMILES string of the molecule is CCN(C(=O)c1cccc(CSC)c1)C(C)CC(=O)O. The molecule has 0 heterocycles. The first-order chi connectivity index (χ1) is 9.49. The van der Waals surface area contributed by atoms with E-state index in [0.29, 0.717) is 12.1 Å². The van der Waals surface area contributed by atoms with E-state index in [1.165, 1.54) is 0 Å². The zero-order valence-corrected chi connectivity index (χ0v) is 12.9. The number of rotatable bonds is 7. The molecule has 4 nitrogen and oxygen atoms in total. The van der Waals surface area contributed by atoms with Crippen LogP contribution in [0.5, 0.6) is 0 Å². The van der Waals surface area contributed by atoms with Gasteiger partial charge in [0.05, 0.1) is 6.42 Å². The summed E-state index contributed by atoms with van der Waals surface area (Å²) in [7, 11) is 0. The lowest BCUT2D eigenvalue weighted by molar-refractivity contribution is -0.138. The lowest BCUT2D eigenvalue weighted by Gasteiger charge is -2.27. The second-order valence-electron chi connectivity index (χ2n) is 4.67. The van der Waals surface area contributed by atoms with Crippen LogP contribution in [0.25, 0.3) is 0 Å². The smallest absolute Gasteiger partial charge is 0.305 e. The highest BCUT2D eigenvalue weighted by Gasteiger charge is 2.21. The van der Waals surface area contributed by atoms with Gasteiger partial charge >= 0.3 is 5.97 Å². The molecule has 1 rings (SSSR count). The molecule has 0 fully saturated rings. The van der Waals surface area contributed by atoms with Gasteiger partial charge in [0.15, 0.2) is 0 Å². The van der Waals surface area contributed by atoms with Gasteiger partial charge in [0.1, 0.15) is 0 Å². The fraction of sp³-hybridized carbons (Fsp3) is 0.467. The Morgan fingerprint density at radius 2 is 2.10 bits per heavy atom. The highest BCUT2D eigenvalue weighted by Crippen LogP contribution is 2.15. The van der Waals surface area contributed by atoms with Crippen LogP contribution in [0.4, 0.5) is 0 Å². The van der Waals surface area contributed by atoms with E-state index in [-0.39, 0.29) is 18.4 Å². The Morgan fingerprint density at radius 3 is 2.65 bits per heavy atom. The van der Waals surface area contributed by atoms with E-state index in [9.17, 15) is 9.59 Å². The van der Waals surface area contributed by atoms with Gasteiger partial charge in [-0.15, -0.1) is 0 Å². The zero-order valence-electron chi connectivity index (χ0n) is 12.1. The van der Waals surface area contributed by atoms with Crippen molar-refractivity contribution >= 4 is 23.6 Å². The van der Waals surface area contributed by atoms with Crippen LogP contribution < -0.4 is 0 Å². The molecule has 5 heteroatoms. The first-order valence-electron chi connectivity index (χ1n) is 6.60. The van der Waals surface area contributed by atoms with Gasteiger partial charge in [-0.1, -0.05) is 12.1 Å². The molecule has 0 aliphatic heterocycles. The molecule has 0 saturated carbocycles. The fourth-order valence-corrected chi connectivity index (χ4v) is 2.66. The van der Waals surface area contributed by atoms with E-state index in [2.05, 4.69) is 0 Å². The highest BCUT2D eigenvalue weighted by atomic mass is 32.2. The van der Waals surface area contributed by atoms with Gasteiger partial charge in [-0.05, 0) is 37.8 Å². The number of benzene rings is 1. The molecule has 1 unspecified atom stereocenters. The van der Waals surface area contributed by atoms with Crippen molar-refractivity contribution in [1.82, 2.24) is 4.90 Å². The summed E-state index contributed by atoms with van der Waals surface area (Å²) in [5.74, 6) is -0.137. The van der Waals surface area contributed by atoms with E-state index in [1.54, 1.807) is 29.7 Å². The predicted molar refractivity (Wildman–Crippen MR) is 82.1 cm³/mol. The summed E-state index contributed by atoms with van der Waals surface area (Å²) in [6, 6.07) is 7.21. The summed E-state index contributed by atoms with van der Waals surface area (Å²) in [6.07, 6.45) is 1.98. The Labute approximate surface area is 124 Å². The molecule has 0 aliphatic rings. The number of hydrogen-bond acceptors (Lipinski definition) is 3. The lowest BCUT2D eigenvalue weighted by atomic mass is 10.1. The molecule has 20 heavy (non-hydrogen) atoms. The molecule has 0 spiro atoms. The Hall–Kier alpha value is -1.49. The summed E-state index contributed by atoms with van der Waals surface area (Å²) < 4.78 is 0. The minimum absolute atomic E-state index is 0.0376. The van der Waals surface area contributed by atoms with Crippen LogP contribution in [0.1, 0.15) is 36.2 Å². The third kappa shape index (κ3) is 4.56. The van der Waals surface area contributed by atoms with Gasteiger partial charge in [-0.25, -0.2) is 0 Å². The largest absolute Gasteiger partial charge is 0.481 e. The lowest BCUT2D eigenvalue weighted by Crippen LogP contribution is -2.39.